The van der Waals surface area contributed by atoms with Gasteiger partial charge in [0, 0.05) is 19.1 Å². The van der Waals surface area contributed by atoms with Gasteiger partial charge in [0.05, 0.1) is 6.10 Å². The van der Waals surface area contributed by atoms with Gasteiger partial charge in [-0.2, -0.15) is 0 Å². The van der Waals surface area contributed by atoms with Gasteiger partial charge in [-0.25, -0.2) is 4.79 Å². The topological polar surface area (TPSA) is 41.6 Å². The van der Waals surface area contributed by atoms with Crippen molar-refractivity contribution in [1.82, 2.24) is 10.2 Å². The Kier molecular flexibility index (Phi) is 5.06. The number of hydrogen-bond donors (Lipinski definition) is 1. The highest BCUT2D eigenvalue weighted by Gasteiger charge is 2.26. The van der Waals surface area contributed by atoms with Crippen molar-refractivity contribution >= 4 is 6.09 Å². The zero-order valence-corrected chi connectivity index (χ0v) is 10.8. The number of carbonyl (C=O) groups is 1. The van der Waals surface area contributed by atoms with Crippen LogP contribution in [0.4, 0.5) is 4.79 Å². The van der Waals surface area contributed by atoms with Gasteiger partial charge in [0.15, 0.2) is 0 Å². The summed E-state index contributed by atoms with van der Waals surface area (Å²) in [6.07, 6.45) is 4.18. The Morgan fingerprint density at radius 1 is 1.31 bits per heavy atom. The van der Waals surface area contributed by atoms with Crippen LogP contribution in [-0.2, 0) is 4.74 Å². The molecule has 1 aliphatic rings. The van der Waals surface area contributed by atoms with Crippen molar-refractivity contribution in [3.8, 4) is 0 Å². The van der Waals surface area contributed by atoms with E-state index in [4.69, 9.17) is 4.74 Å². The number of hydrogen-bond acceptors (Lipinski definition) is 3. The van der Waals surface area contributed by atoms with E-state index in [0.29, 0.717) is 12.1 Å². The fraction of sp³-hybridized carbons (Fsp3) is 0.917. The molecule has 94 valence electrons. The highest BCUT2D eigenvalue weighted by Crippen LogP contribution is 2.22. The maximum absolute atomic E-state index is 11.7. The first-order chi connectivity index (χ1) is 7.54. The molecule has 0 heterocycles. The second-order valence-corrected chi connectivity index (χ2v) is 4.84. The third-order valence-corrected chi connectivity index (χ3v) is 3.28. The van der Waals surface area contributed by atoms with Crippen LogP contribution in [-0.4, -0.2) is 43.3 Å². The highest BCUT2D eigenvalue weighted by atomic mass is 16.6. The van der Waals surface area contributed by atoms with Crippen LogP contribution in [0, 0.1) is 0 Å². The summed E-state index contributed by atoms with van der Waals surface area (Å²) in [7, 11) is 3.84. The lowest BCUT2D eigenvalue weighted by molar-refractivity contribution is 0.0646. The average Bonchev–Trinajstić information content (AvgIpc) is 2.27. The molecule has 0 bridgehead atoms. The summed E-state index contributed by atoms with van der Waals surface area (Å²) in [6.45, 7) is 3.76. The number of amides is 1. The maximum Gasteiger partial charge on any atom is 0.410 e. The number of carbonyl (C=O) groups excluding carboxylic acids is 1. The summed E-state index contributed by atoms with van der Waals surface area (Å²) in [5, 5.41) is 3.29. The largest absolute Gasteiger partial charge is 0.447 e. The molecule has 0 saturated heterocycles. The van der Waals surface area contributed by atoms with Crippen LogP contribution in [0.5, 0.6) is 0 Å². The Morgan fingerprint density at radius 3 is 2.31 bits per heavy atom. The number of nitrogens with zero attached hydrogens (tertiary/aromatic N) is 1. The van der Waals surface area contributed by atoms with Gasteiger partial charge in [-0.3, -0.25) is 0 Å². The van der Waals surface area contributed by atoms with Crippen molar-refractivity contribution in [3.05, 3.63) is 0 Å². The molecular formula is C12H24N2O2. The second kappa shape index (κ2) is 6.09. The number of ether oxygens (including phenoxy) is 1. The van der Waals surface area contributed by atoms with Crippen LogP contribution < -0.4 is 5.32 Å². The maximum atomic E-state index is 11.7. The molecule has 0 aromatic rings. The fourth-order valence-electron chi connectivity index (χ4n) is 2.19. The van der Waals surface area contributed by atoms with E-state index in [9.17, 15) is 4.79 Å². The van der Waals surface area contributed by atoms with Gasteiger partial charge < -0.3 is 15.0 Å². The summed E-state index contributed by atoms with van der Waals surface area (Å²) in [4.78, 5) is 13.4. The molecule has 16 heavy (non-hydrogen) atoms. The second-order valence-electron chi connectivity index (χ2n) is 4.84. The highest BCUT2D eigenvalue weighted by molar-refractivity contribution is 5.67. The molecule has 0 spiro atoms. The Labute approximate surface area is 98.3 Å². The predicted molar refractivity (Wildman–Crippen MR) is 64.5 cm³/mol. The summed E-state index contributed by atoms with van der Waals surface area (Å²) < 4.78 is 5.19. The molecular weight excluding hydrogens is 204 g/mol. The van der Waals surface area contributed by atoms with Crippen LogP contribution in [0.2, 0.25) is 0 Å². The SMILES string of the molecule is CNC1CCC(N(C)C(=O)OC(C)C)CC1. The van der Waals surface area contributed by atoms with Crippen LogP contribution in [0.15, 0.2) is 0 Å². The predicted octanol–water partition coefficient (Wildman–Crippen LogP) is 1.99. The Balaban J connectivity index is 2.37. The van der Waals surface area contributed by atoms with Crippen LogP contribution in [0.3, 0.4) is 0 Å². The average molecular weight is 228 g/mol. The fourth-order valence-corrected chi connectivity index (χ4v) is 2.19. The minimum Gasteiger partial charge on any atom is -0.447 e. The molecule has 0 aromatic carbocycles. The van der Waals surface area contributed by atoms with Crippen molar-refractivity contribution in [3.63, 3.8) is 0 Å². The van der Waals surface area contributed by atoms with E-state index in [1.807, 2.05) is 27.9 Å². The molecule has 0 unspecified atom stereocenters. The van der Waals surface area contributed by atoms with Gasteiger partial charge in [-0.1, -0.05) is 0 Å². The Hall–Kier alpha value is -0.770. The Bertz CT molecular complexity index is 223. The molecule has 0 radical (unpaired) electrons. The minimum atomic E-state index is -0.192. The van der Waals surface area contributed by atoms with Gasteiger partial charge in [-0.05, 0) is 46.6 Å². The van der Waals surface area contributed by atoms with Crippen molar-refractivity contribution in [1.29, 1.82) is 0 Å². The first-order valence-electron chi connectivity index (χ1n) is 6.15. The molecule has 1 N–H and O–H groups in total. The van der Waals surface area contributed by atoms with E-state index in [0.717, 1.165) is 25.7 Å². The van der Waals surface area contributed by atoms with Crippen LogP contribution in [0.25, 0.3) is 0 Å². The van der Waals surface area contributed by atoms with Crippen molar-refractivity contribution in [2.75, 3.05) is 14.1 Å². The van der Waals surface area contributed by atoms with E-state index < -0.39 is 0 Å². The van der Waals surface area contributed by atoms with Gasteiger partial charge in [0.1, 0.15) is 0 Å². The molecule has 1 saturated carbocycles. The van der Waals surface area contributed by atoms with Crippen molar-refractivity contribution < 1.29 is 9.53 Å². The van der Waals surface area contributed by atoms with Gasteiger partial charge in [-0.15, -0.1) is 0 Å². The van der Waals surface area contributed by atoms with E-state index in [1.165, 1.54) is 0 Å². The lowest BCUT2D eigenvalue weighted by atomic mass is 9.91. The Morgan fingerprint density at radius 2 is 1.88 bits per heavy atom. The molecule has 4 nitrogen and oxygen atoms in total. The smallest absolute Gasteiger partial charge is 0.410 e. The van der Waals surface area contributed by atoms with Gasteiger partial charge in [0.25, 0.3) is 0 Å². The minimum absolute atomic E-state index is 0.0383. The lowest BCUT2D eigenvalue weighted by Gasteiger charge is -2.34. The number of nitrogens with one attached hydrogen (secondary N) is 1. The molecule has 1 amide bonds. The first kappa shape index (κ1) is 13.3. The third-order valence-electron chi connectivity index (χ3n) is 3.28. The molecule has 0 atom stereocenters. The van der Waals surface area contributed by atoms with E-state index in [-0.39, 0.29) is 12.2 Å². The van der Waals surface area contributed by atoms with E-state index in [2.05, 4.69) is 5.32 Å². The molecule has 1 fully saturated rings. The lowest BCUT2D eigenvalue weighted by Crippen LogP contribution is -2.43. The summed E-state index contributed by atoms with van der Waals surface area (Å²) >= 11 is 0. The van der Waals surface area contributed by atoms with Crippen LogP contribution in [0.1, 0.15) is 39.5 Å². The quantitative estimate of drug-likeness (QED) is 0.803. The van der Waals surface area contributed by atoms with Gasteiger partial charge >= 0.3 is 6.09 Å². The van der Waals surface area contributed by atoms with E-state index in [1.54, 1.807) is 4.90 Å². The van der Waals surface area contributed by atoms with Gasteiger partial charge in [0.2, 0.25) is 0 Å². The molecule has 0 aliphatic heterocycles. The molecule has 0 aromatic heterocycles. The normalized spacial score (nSPS) is 25.6. The molecule has 1 aliphatic carbocycles. The van der Waals surface area contributed by atoms with Crippen molar-refractivity contribution in [2.45, 2.75) is 57.7 Å². The monoisotopic (exact) mass is 228 g/mol. The number of rotatable bonds is 3. The zero-order chi connectivity index (χ0) is 12.1. The van der Waals surface area contributed by atoms with Crippen molar-refractivity contribution in [2.24, 2.45) is 0 Å². The standard InChI is InChI=1S/C12H24N2O2/c1-9(2)16-12(15)14(4)11-7-5-10(13-3)6-8-11/h9-11,13H,5-8H2,1-4H3. The third kappa shape index (κ3) is 3.67. The first-order valence-corrected chi connectivity index (χ1v) is 6.15. The van der Waals surface area contributed by atoms with Crippen LogP contribution >= 0.6 is 0 Å². The summed E-state index contributed by atoms with van der Waals surface area (Å²) in [5.41, 5.74) is 0. The summed E-state index contributed by atoms with van der Waals surface area (Å²) in [6, 6.07) is 0.960. The molecule has 1 rings (SSSR count). The van der Waals surface area contributed by atoms with E-state index >= 15 is 0 Å². The molecule has 4 heteroatoms. The summed E-state index contributed by atoms with van der Waals surface area (Å²) in [5.74, 6) is 0. The zero-order valence-electron chi connectivity index (χ0n) is 10.8.